The summed E-state index contributed by atoms with van der Waals surface area (Å²) in [6.45, 7) is 5.38. The Hall–Kier alpha value is -3.28. The van der Waals surface area contributed by atoms with E-state index in [9.17, 15) is 9.59 Å². The number of nitrogens with zero attached hydrogens (tertiary/aromatic N) is 1. The van der Waals surface area contributed by atoms with Gasteiger partial charge in [-0.3, -0.25) is 4.79 Å². The van der Waals surface area contributed by atoms with Crippen molar-refractivity contribution in [2.24, 2.45) is 0 Å². The van der Waals surface area contributed by atoms with Crippen LogP contribution in [-0.4, -0.2) is 50.3 Å². The number of rotatable bonds is 7. The minimum Gasteiger partial charge on any atom is -0.496 e. The van der Waals surface area contributed by atoms with Gasteiger partial charge in [-0.15, -0.1) is 0 Å². The van der Waals surface area contributed by atoms with Crippen molar-refractivity contribution in [3.63, 3.8) is 0 Å². The van der Waals surface area contributed by atoms with Crippen molar-refractivity contribution >= 4 is 12.0 Å². The average Bonchev–Trinajstić information content (AvgIpc) is 2.81. The molecule has 158 valence electrons. The van der Waals surface area contributed by atoms with E-state index in [2.05, 4.69) is 24.0 Å². The first-order chi connectivity index (χ1) is 14.6. The van der Waals surface area contributed by atoms with E-state index in [1.807, 2.05) is 30.3 Å². The predicted molar refractivity (Wildman–Crippen MR) is 116 cm³/mol. The van der Waals surface area contributed by atoms with Crippen LogP contribution in [0.4, 0.5) is 4.79 Å². The van der Waals surface area contributed by atoms with E-state index in [0.29, 0.717) is 30.9 Å². The lowest BCUT2D eigenvalue weighted by Gasteiger charge is -2.42. The zero-order valence-corrected chi connectivity index (χ0v) is 17.3. The van der Waals surface area contributed by atoms with E-state index in [1.54, 1.807) is 30.2 Å². The van der Waals surface area contributed by atoms with Gasteiger partial charge in [-0.1, -0.05) is 55.1 Å². The largest absolute Gasteiger partial charge is 0.496 e. The maximum Gasteiger partial charge on any atom is 0.410 e. The monoisotopic (exact) mass is 408 g/mol. The molecule has 0 saturated carbocycles. The van der Waals surface area contributed by atoms with Crippen molar-refractivity contribution < 1.29 is 19.1 Å². The summed E-state index contributed by atoms with van der Waals surface area (Å²) in [5.41, 5.74) is 1.41. The van der Waals surface area contributed by atoms with E-state index in [1.165, 1.54) is 0 Å². The second-order valence-corrected chi connectivity index (χ2v) is 7.38. The number of ether oxygens (including phenoxy) is 2. The number of hydrogen-bond acceptors (Lipinski definition) is 4. The van der Waals surface area contributed by atoms with Gasteiger partial charge in [0.05, 0.1) is 12.7 Å². The van der Waals surface area contributed by atoms with Crippen LogP contribution >= 0.6 is 0 Å². The van der Waals surface area contributed by atoms with Crippen LogP contribution in [-0.2, 0) is 10.2 Å². The van der Waals surface area contributed by atoms with Gasteiger partial charge >= 0.3 is 6.09 Å². The number of amides is 2. The van der Waals surface area contributed by atoms with Gasteiger partial charge in [0.1, 0.15) is 12.4 Å². The molecule has 2 amide bonds. The number of piperidine rings is 1. The maximum atomic E-state index is 12.8. The molecule has 0 atom stereocenters. The highest BCUT2D eigenvalue weighted by Crippen LogP contribution is 2.35. The third-order valence-electron chi connectivity index (χ3n) is 5.63. The predicted octanol–water partition coefficient (Wildman–Crippen LogP) is 3.78. The van der Waals surface area contributed by atoms with Crippen LogP contribution in [0.1, 0.15) is 28.8 Å². The molecule has 1 N–H and O–H groups in total. The van der Waals surface area contributed by atoms with Crippen molar-refractivity contribution in [2.45, 2.75) is 18.3 Å². The smallest absolute Gasteiger partial charge is 0.410 e. The Labute approximate surface area is 177 Å². The van der Waals surface area contributed by atoms with Gasteiger partial charge < -0.3 is 19.7 Å². The van der Waals surface area contributed by atoms with Crippen molar-refractivity contribution in [3.05, 3.63) is 78.4 Å². The molecule has 1 fully saturated rings. The van der Waals surface area contributed by atoms with E-state index in [-0.39, 0.29) is 24.0 Å². The van der Waals surface area contributed by atoms with Gasteiger partial charge in [0.2, 0.25) is 0 Å². The van der Waals surface area contributed by atoms with Gasteiger partial charge in [0.25, 0.3) is 5.91 Å². The lowest BCUT2D eigenvalue weighted by Crippen LogP contribution is -2.50. The number of nitrogens with one attached hydrogen (secondary N) is 1. The molecule has 0 aliphatic carbocycles. The van der Waals surface area contributed by atoms with Gasteiger partial charge in [0, 0.05) is 25.0 Å². The van der Waals surface area contributed by atoms with Crippen LogP contribution in [0.25, 0.3) is 0 Å². The van der Waals surface area contributed by atoms with Crippen LogP contribution in [0, 0.1) is 0 Å². The molecule has 1 heterocycles. The fraction of sp³-hybridized carbons (Fsp3) is 0.333. The first kappa shape index (κ1) is 21.4. The number of likely N-dealkylation sites (tertiary alicyclic amines) is 1. The number of methoxy groups -OCH3 is 1. The number of benzene rings is 2. The molecular formula is C24H28N2O4. The van der Waals surface area contributed by atoms with Crippen LogP contribution in [0.2, 0.25) is 0 Å². The highest BCUT2D eigenvalue weighted by atomic mass is 16.6. The molecule has 1 aliphatic heterocycles. The van der Waals surface area contributed by atoms with E-state index in [4.69, 9.17) is 9.47 Å². The van der Waals surface area contributed by atoms with E-state index in [0.717, 1.165) is 18.4 Å². The van der Waals surface area contributed by atoms with Crippen molar-refractivity contribution in [3.8, 4) is 5.75 Å². The standard InChI is InChI=1S/C24H28N2O4/c1-3-17-30-23(28)26-15-13-24(14-16-26,19-9-5-4-6-10-19)18-25-22(27)20-11-7-8-12-21(20)29-2/h3-12H,1,13-18H2,2H3,(H,25,27). The molecule has 6 heteroatoms. The molecule has 30 heavy (non-hydrogen) atoms. The van der Waals surface area contributed by atoms with Crippen LogP contribution < -0.4 is 10.1 Å². The summed E-state index contributed by atoms with van der Waals surface area (Å²) in [5.74, 6) is 0.374. The topological polar surface area (TPSA) is 67.9 Å². The molecule has 1 aliphatic rings. The van der Waals surface area contributed by atoms with Crippen molar-refractivity contribution in [1.82, 2.24) is 10.2 Å². The molecule has 1 saturated heterocycles. The summed E-state index contributed by atoms with van der Waals surface area (Å²) in [6.07, 6.45) is 2.69. The van der Waals surface area contributed by atoms with Gasteiger partial charge in [-0.25, -0.2) is 4.79 Å². The molecule has 6 nitrogen and oxygen atoms in total. The molecule has 3 rings (SSSR count). The molecule has 0 bridgehead atoms. The normalized spacial score (nSPS) is 15.2. The number of para-hydroxylation sites is 1. The average molecular weight is 408 g/mol. The van der Waals surface area contributed by atoms with Crippen LogP contribution in [0.15, 0.2) is 67.3 Å². The van der Waals surface area contributed by atoms with Crippen LogP contribution in [0.3, 0.4) is 0 Å². The molecule has 0 unspecified atom stereocenters. The zero-order chi connectivity index (χ0) is 21.4. The highest BCUT2D eigenvalue weighted by Gasteiger charge is 2.38. The first-order valence-electron chi connectivity index (χ1n) is 10.1. The Morgan fingerprint density at radius 2 is 1.77 bits per heavy atom. The third kappa shape index (κ3) is 4.82. The molecule has 2 aromatic carbocycles. The first-order valence-corrected chi connectivity index (χ1v) is 10.1. The Morgan fingerprint density at radius 3 is 2.43 bits per heavy atom. The molecule has 0 spiro atoms. The fourth-order valence-corrected chi connectivity index (χ4v) is 3.87. The third-order valence-corrected chi connectivity index (χ3v) is 5.63. The Kier molecular flexibility index (Phi) is 7.12. The summed E-state index contributed by atoms with van der Waals surface area (Å²) in [5, 5.41) is 3.09. The minimum absolute atomic E-state index is 0.171. The Balaban J connectivity index is 1.74. The quantitative estimate of drug-likeness (QED) is 0.708. The summed E-state index contributed by atoms with van der Waals surface area (Å²) in [6, 6.07) is 17.3. The van der Waals surface area contributed by atoms with Gasteiger partial charge in [-0.2, -0.15) is 0 Å². The molecule has 0 radical (unpaired) electrons. The molecular weight excluding hydrogens is 380 g/mol. The van der Waals surface area contributed by atoms with Crippen LogP contribution in [0.5, 0.6) is 5.75 Å². The molecule has 2 aromatic rings. The maximum absolute atomic E-state index is 12.8. The Morgan fingerprint density at radius 1 is 1.10 bits per heavy atom. The minimum atomic E-state index is -0.324. The summed E-state index contributed by atoms with van der Waals surface area (Å²) >= 11 is 0. The van der Waals surface area contributed by atoms with Crippen molar-refractivity contribution in [1.29, 1.82) is 0 Å². The fourth-order valence-electron chi connectivity index (χ4n) is 3.87. The van der Waals surface area contributed by atoms with E-state index >= 15 is 0 Å². The zero-order valence-electron chi connectivity index (χ0n) is 17.3. The number of carbonyl (C=O) groups excluding carboxylic acids is 2. The molecule has 0 aromatic heterocycles. The number of hydrogen-bond donors (Lipinski definition) is 1. The van der Waals surface area contributed by atoms with Gasteiger partial charge in [-0.05, 0) is 30.5 Å². The number of carbonyl (C=O) groups is 2. The Bertz CT molecular complexity index is 874. The lowest BCUT2D eigenvalue weighted by molar-refractivity contribution is 0.0839. The summed E-state index contributed by atoms with van der Waals surface area (Å²) in [7, 11) is 1.55. The van der Waals surface area contributed by atoms with Crippen molar-refractivity contribution in [2.75, 3.05) is 33.4 Å². The second-order valence-electron chi connectivity index (χ2n) is 7.38. The summed E-state index contributed by atoms with van der Waals surface area (Å²) in [4.78, 5) is 26.8. The van der Waals surface area contributed by atoms with E-state index < -0.39 is 0 Å². The SMILES string of the molecule is C=CCOC(=O)N1CCC(CNC(=O)c2ccccc2OC)(c2ccccc2)CC1. The highest BCUT2D eigenvalue weighted by molar-refractivity contribution is 5.97. The lowest BCUT2D eigenvalue weighted by atomic mass is 9.72. The summed E-state index contributed by atoms with van der Waals surface area (Å²) < 4.78 is 10.5. The second kappa shape index (κ2) is 9.96. The van der Waals surface area contributed by atoms with Gasteiger partial charge in [0.15, 0.2) is 0 Å².